The first kappa shape index (κ1) is 17.5. The quantitative estimate of drug-likeness (QED) is 0.879. The van der Waals surface area contributed by atoms with Crippen molar-refractivity contribution in [1.82, 2.24) is 0 Å². The lowest BCUT2D eigenvalue weighted by Crippen LogP contribution is -2.36. The summed E-state index contributed by atoms with van der Waals surface area (Å²) in [4.78, 5) is 16.0. The summed E-state index contributed by atoms with van der Waals surface area (Å²) in [5.41, 5.74) is 2.98. The third-order valence-corrected chi connectivity index (χ3v) is 6.25. The number of amides is 1. The van der Waals surface area contributed by atoms with E-state index in [4.69, 9.17) is 4.74 Å². The van der Waals surface area contributed by atoms with Crippen LogP contribution in [0.2, 0.25) is 0 Å². The molecule has 4 rings (SSSR count). The number of nitrogens with zero attached hydrogens (tertiary/aromatic N) is 1. The maximum absolute atomic E-state index is 14.5. The Kier molecular flexibility index (Phi) is 4.96. The number of rotatable bonds is 3. The fraction of sp³-hybridized carbons (Fsp3) is 0.450. The lowest BCUT2D eigenvalue weighted by molar-refractivity contribution is 0.102. The number of hydrogen-bond donors (Lipinski definition) is 1. The minimum Gasteiger partial charge on any atom is -0.378 e. The number of benzene rings is 1. The van der Waals surface area contributed by atoms with Crippen LogP contribution < -0.4 is 10.2 Å². The highest BCUT2D eigenvalue weighted by molar-refractivity contribution is 7.10. The molecule has 1 N–H and O–H groups in total. The molecule has 1 aromatic carbocycles. The van der Waals surface area contributed by atoms with Gasteiger partial charge in [-0.25, -0.2) is 4.39 Å². The molecule has 1 saturated heterocycles. The molecule has 0 saturated carbocycles. The van der Waals surface area contributed by atoms with Gasteiger partial charge in [0.2, 0.25) is 0 Å². The first-order valence-corrected chi connectivity index (χ1v) is 10.0. The molecule has 0 bridgehead atoms. The average Bonchev–Trinajstić information content (AvgIpc) is 3.05. The van der Waals surface area contributed by atoms with Crippen LogP contribution in [0.1, 0.15) is 34.1 Å². The summed E-state index contributed by atoms with van der Waals surface area (Å²) in [5, 5.41) is 4.80. The van der Waals surface area contributed by atoms with Gasteiger partial charge in [-0.15, -0.1) is 11.3 Å². The van der Waals surface area contributed by atoms with Crippen LogP contribution in [0.15, 0.2) is 23.6 Å². The summed E-state index contributed by atoms with van der Waals surface area (Å²) in [6.45, 7) is 4.84. The highest BCUT2D eigenvalue weighted by Gasteiger charge is 2.23. The summed E-state index contributed by atoms with van der Waals surface area (Å²) in [5.74, 6) is 0.223. The molecule has 138 valence electrons. The minimum absolute atomic E-state index is 0.143. The molecule has 2 heterocycles. The first-order valence-electron chi connectivity index (χ1n) is 9.14. The highest BCUT2D eigenvalue weighted by Crippen LogP contribution is 2.33. The van der Waals surface area contributed by atoms with E-state index in [0.717, 1.165) is 24.8 Å². The molecule has 6 heteroatoms. The summed E-state index contributed by atoms with van der Waals surface area (Å²) in [6.07, 6.45) is 3.12. The summed E-state index contributed by atoms with van der Waals surface area (Å²) in [7, 11) is 0. The van der Waals surface area contributed by atoms with E-state index >= 15 is 0 Å². The number of halogens is 1. The van der Waals surface area contributed by atoms with Crippen LogP contribution in [0.25, 0.3) is 0 Å². The molecule has 1 aliphatic heterocycles. The number of ether oxygens (including phenoxy) is 1. The average molecular weight is 374 g/mol. The predicted octanol–water partition coefficient (Wildman–Crippen LogP) is 4.10. The third kappa shape index (κ3) is 3.48. The van der Waals surface area contributed by atoms with Crippen LogP contribution in [-0.2, 0) is 17.6 Å². The van der Waals surface area contributed by atoms with Crippen molar-refractivity contribution < 1.29 is 13.9 Å². The zero-order valence-corrected chi connectivity index (χ0v) is 15.7. The van der Waals surface area contributed by atoms with Crippen LogP contribution in [0.4, 0.5) is 15.8 Å². The fourth-order valence-electron chi connectivity index (χ4n) is 3.71. The lowest BCUT2D eigenvalue weighted by atomic mass is 9.88. The fourth-order valence-corrected chi connectivity index (χ4v) is 4.96. The largest absolute Gasteiger partial charge is 0.378 e. The molecule has 0 spiro atoms. The summed E-state index contributed by atoms with van der Waals surface area (Å²) in [6, 6.07) is 4.91. The zero-order valence-electron chi connectivity index (χ0n) is 14.9. The maximum atomic E-state index is 14.5. The zero-order chi connectivity index (χ0) is 18.1. The van der Waals surface area contributed by atoms with Gasteiger partial charge in [0, 0.05) is 29.0 Å². The molecule has 2 aliphatic rings. The molecular weight excluding hydrogens is 351 g/mol. The van der Waals surface area contributed by atoms with E-state index < -0.39 is 0 Å². The maximum Gasteiger partial charge on any atom is 0.256 e. The third-order valence-electron chi connectivity index (χ3n) is 5.20. The molecule has 1 fully saturated rings. The number of nitrogens with one attached hydrogen (secondary N) is 1. The Bertz CT molecular complexity index is 814. The van der Waals surface area contributed by atoms with Crippen molar-refractivity contribution in [3.05, 3.63) is 45.4 Å². The van der Waals surface area contributed by atoms with Crippen LogP contribution >= 0.6 is 11.3 Å². The van der Waals surface area contributed by atoms with Crippen LogP contribution in [0.5, 0.6) is 0 Å². The van der Waals surface area contributed by atoms with E-state index in [-0.39, 0.29) is 11.7 Å². The van der Waals surface area contributed by atoms with Gasteiger partial charge in [-0.05, 0) is 48.9 Å². The van der Waals surface area contributed by atoms with E-state index in [1.54, 1.807) is 23.5 Å². The molecule has 1 aromatic heterocycles. The van der Waals surface area contributed by atoms with Gasteiger partial charge in [-0.3, -0.25) is 4.79 Å². The van der Waals surface area contributed by atoms with Crippen LogP contribution in [0.3, 0.4) is 0 Å². The van der Waals surface area contributed by atoms with Gasteiger partial charge in [0.1, 0.15) is 5.82 Å². The smallest absolute Gasteiger partial charge is 0.256 e. The first-order chi connectivity index (χ1) is 12.6. The number of carbonyl (C=O) groups excluding carboxylic acids is 1. The van der Waals surface area contributed by atoms with Gasteiger partial charge < -0.3 is 15.0 Å². The molecule has 26 heavy (non-hydrogen) atoms. The SMILES string of the molecule is CC1CCc2c(C(=O)Nc3ccc(N4CCOCC4)c(F)c3)csc2C1. The van der Waals surface area contributed by atoms with E-state index in [9.17, 15) is 9.18 Å². The molecular formula is C20H23FN2O2S. The van der Waals surface area contributed by atoms with Crippen molar-refractivity contribution in [3.63, 3.8) is 0 Å². The molecule has 1 amide bonds. The second-order valence-electron chi connectivity index (χ2n) is 7.12. The molecule has 1 atom stereocenters. The Morgan fingerprint density at radius 1 is 1.35 bits per heavy atom. The molecule has 0 radical (unpaired) electrons. The Morgan fingerprint density at radius 3 is 2.92 bits per heavy atom. The van der Waals surface area contributed by atoms with Gasteiger partial charge in [0.15, 0.2) is 0 Å². The van der Waals surface area contributed by atoms with Gasteiger partial charge in [0.25, 0.3) is 5.91 Å². The topological polar surface area (TPSA) is 41.6 Å². The minimum atomic E-state index is -0.314. The molecule has 1 aliphatic carbocycles. The van der Waals surface area contributed by atoms with Crippen molar-refractivity contribution in [2.75, 3.05) is 36.5 Å². The molecule has 2 aromatic rings. The van der Waals surface area contributed by atoms with Crippen molar-refractivity contribution >= 4 is 28.6 Å². The Morgan fingerprint density at radius 2 is 2.15 bits per heavy atom. The normalized spacial score (nSPS) is 19.9. The van der Waals surface area contributed by atoms with E-state index in [1.165, 1.54) is 16.5 Å². The van der Waals surface area contributed by atoms with Gasteiger partial charge >= 0.3 is 0 Å². The van der Waals surface area contributed by atoms with E-state index in [2.05, 4.69) is 12.2 Å². The number of anilines is 2. The number of hydrogen-bond acceptors (Lipinski definition) is 4. The van der Waals surface area contributed by atoms with Crippen molar-refractivity contribution in [1.29, 1.82) is 0 Å². The Hall–Kier alpha value is -1.92. The monoisotopic (exact) mass is 374 g/mol. The predicted molar refractivity (Wildman–Crippen MR) is 103 cm³/mol. The lowest BCUT2D eigenvalue weighted by Gasteiger charge is -2.29. The van der Waals surface area contributed by atoms with E-state index in [1.807, 2.05) is 10.3 Å². The second kappa shape index (κ2) is 7.37. The Balaban J connectivity index is 1.49. The van der Waals surface area contributed by atoms with Gasteiger partial charge in [-0.1, -0.05) is 6.92 Å². The van der Waals surface area contributed by atoms with Crippen molar-refractivity contribution in [3.8, 4) is 0 Å². The van der Waals surface area contributed by atoms with Gasteiger partial charge in [0.05, 0.1) is 24.5 Å². The van der Waals surface area contributed by atoms with Crippen LogP contribution in [-0.4, -0.2) is 32.2 Å². The Labute approximate surface area is 157 Å². The van der Waals surface area contributed by atoms with E-state index in [0.29, 0.717) is 43.6 Å². The molecule has 1 unspecified atom stereocenters. The summed E-state index contributed by atoms with van der Waals surface area (Å²) >= 11 is 1.67. The second-order valence-corrected chi connectivity index (χ2v) is 8.08. The number of thiophene rings is 1. The molecule has 4 nitrogen and oxygen atoms in total. The highest BCUT2D eigenvalue weighted by atomic mass is 32.1. The number of carbonyl (C=O) groups is 1. The summed E-state index contributed by atoms with van der Waals surface area (Å²) < 4.78 is 19.8. The number of fused-ring (bicyclic) bond motifs is 1. The number of morpholine rings is 1. The van der Waals surface area contributed by atoms with Crippen molar-refractivity contribution in [2.24, 2.45) is 5.92 Å². The standard InChI is InChI=1S/C20H23FN2O2S/c1-13-2-4-15-16(12-26-19(15)10-13)20(24)22-14-3-5-18(17(21)11-14)23-6-8-25-9-7-23/h3,5,11-13H,2,4,6-10H2,1H3,(H,22,24). The van der Waals surface area contributed by atoms with Crippen molar-refractivity contribution in [2.45, 2.75) is 26.2 Å². The van der Waals surface area contributed by atoms with Crippen LogP contribution in [0, 0.1) is 11.7 Å². The van der Waals surface area contributed by atoms with Gasteiger partial charge in [-0.2, -0.15) is 0 Å².